The quantitative estimate of drug-likeness (QED) is 0.854. The summed E-state index contributed by atoms with van der Waals surface area (Å²) in [6, 6.07) is 7.89. The van der Waals surface area contributed by atoms with Crippen LogP contribution >= 0.6 is 0 Å². The van der Waals surface area contributed by atoms with Crippen LogP contribution in [0.4, 0.5) is 0 Å². The smallest absolute Gasteiger partial charge is 0.227 e. The number of amides is 1. The number of hydrogen-bond acceptors (Lipinski definition) is 3. The van der Waals surface area contributed by atoms with Crippen LogP contribution in [0.5, 0.6) is 5.75 Å². The average Bonchev–Trinajstić information content (AvgIpc) is 2.85. The molecule has 130 valence electrons. The lowest BCUT2D eigenvalue weighted by Gasteiger charge is -2.29. The Hall–Kier alpha value is -2.30. The number of nitrogens with zero attached hydrogens (tertiary/aromatic N) is 1. The van der Waals surface area contributed by atoms with Crippen LogP contribution < -0.4 is 10.1 Å². The van der Waals surface area contributed by atoms with Gasteiger partial charge in [0.15, 0.2) is 0 Å². The van der Waals surface area contributed by atoms with E-state index >= 15 is 0 Å². The molecule has 1 atom stereocenters. The van der Waals surface area contributed by atoms with Gasteiger partial charge in [0.1, 0.15) is 5.75 Å². The van der Waals surface area contributed by atoms with E-state index in [0.29, 0.717) is 6.42 Å². The summed E-state index contributed by atoms with van der Waals surface area (Å²) in [4.78, 5) is 12.7. The summed E-state index contributed by atoms with van der Waals surface area (Å²) < 4.78 is 5.41. The summed E-state index contributed by atoms with van der Waals surface area (Å²) >= 11 is 0. The molecule has 1 aromatic heterocycles. The number of ether oxygens (including phenoxy) is 1. The van der Waals surface area contributed by atoms with Crippen LogP contribution in [0.25, 0.3) is 0 Å². The molecule has 24 heavy (non-hydrogen) atoms. The zero-order valence-corrected chi connectivity index (χ0v) is 15.4. The Bertz CT molecular complexity index is 700. The normalized spacial score (nSPS) is 12.8. The van der Waals surface area contributed by atoms with Gasteiger partial charge in [0.25, 0.3) is 0 Å². The maximum atomic E-state index is 12.7. The van der Waals surface area contributed by atoms with Crippen LogP contribution in [-0.2, 0) is 11.2 Å². The Morgan fingerprint density at radius 2 is 2.00 bits per heavy atom. The Balaban J connectivity index is 2.12. The van der Waals surface area contributed by atoms with Crippen LogP contribution in [0.1, 0.15) is 49.2 Å². The van der Waals surface area contributed by atoms with Crippen LogP contribution in [0.2, 0.25) is 0 Å². The number of H-pyrrole nitrogens is 1. The number of carbonyl (C=O) groups excluding carboxylic acids is 1. The van der Waals surface area contributed by atoms with Gasteiger partial charge in [-0.25, -0.2) is 0 Å². The number of aryl methyl sites for hydroxylation is 2. The predicted molar refractivity (Wildman–Crippen MR) is 95.4 cm³/mol. The van der Waals surface area contributed by atoms with Gasteiger partial charge in [-0.15, -0.1) is 0 Å². The highest BCUT2D eigenvalue weighted by molar-refractivity contribution is 5.84. The lowest BCUT2D eigenvalue weighted by molar-refractivity contribution is -0.123. The van der Waals surface area contributed by atoms with E-state index in [1.54, 1.807) is 7.11 Å². The van der Waals surface area contributed by atoms with Gasteiger partial charge in [-0.1, -0.05) is 18.2 Å². The van der Waals surface area contributed by atoms with E-state index < -0.39 is 0 Å². The van der Waals surface area contributed by atoms with Crippen molar-refractivity contribution >= 4 is 5.91 Å². The second kappa shape index (κ2) is 7.07. The van der Waals surface area contributed by atoms with Crippen LogP contribution in [0, 0.1) is 13.8 Å². The number of aromatic amines is 1. The Morgan fingerprint density at radius 3 is 2.58 bits per heavy atom. The molecule has 0 aliphatic heterocycles. The SMILES string of the molecule is COc1ccccc1CC(C)(C)NC(=O)[C@H](C)c1c(C)n[nH]c1C. The topological polar surface area (TPSA) is 67.0 Å². The van der Waals surface area contributed by atoms with Crippen molar-refractivity contribution in [1.82, 2.24) is 15.5 Å². The first-order valence-corrected chi connectivity index (χ1v) is 8.20. The number of hydrogen-bond donors (Lipinski definition) is 2. The maximum Gasteiger partial charge on any atom is 0.227 e. The van der Waals surface area contributed by atoms with Crippen molar-refractivity contribution in [2.45, 2.75) is 52.5 Å². The van der Waals surface area contributed by atoms with Crippen molar-refractivity contribution in [1.29, 1.82) is 0 Å². The molecule has 2 rings (SSSR count). The summed E-state index contributed by atoms with van der Waals surface area (Å²) in [7, 11) is 1.66. The van der Waals surface area contributed by atoms with Gasteiger partial charge in [0.2, 0.25) is 5.91 Å². The molecule has 0 bridgehead atoms. The van der Waals surface area contributed by atoms with E-state index in [1.807, 2.05) is 58.9 Å². The zero-order valence-electron chi connectivity index (χ0n) is 15.4. The van der Waals surface area contributed by atoms with E-state index in [2.05, 4.69) is 15.5 Å². The molecule has 1 aromatic carbocycles. The monoisotopic (exact) mass is 329 g/mol. The lowest BCUT2D eigenvalue weighted by atomic mass is 9.92. The second-order valence-corrected chi connectivity index (χ2v) is 6.93. The van der Waals surface area contributed by atoms with Gasteiger partial charge in [0.05, 0.1) is 18.7 Å². The largest absolute Gasteiger partial charge is 0.496 e. The third kappa shape index (κ3) is 3.96. The number of methoxy groups -OCH3 is 1. The third-order valence-corrected chi connectivity index (χ3v) is 4.30. The van der Waals surface area contributed by atoms with E-state index in [9.17, 15) is 4.79 Å². The van der Waals surface area contributed by atoms with Gasteiger partial charge in [0, 0.05) is 16.8 Å². The summed E-state index contributed by atoms with van der Waals surface area (Å²) in [5.74, 6) is 0.595. The summed E-state index contributed by atoms with van der Waals surface area (Å²) in [6.07, 6.45) is 0.693. The first kappa shape index (κ1) is 18.0. The first-order chi connectivity index (χ1) is 11.2. The fourth-order valence-electron chi connectivity index (χ4n) is 3.14. The van der Waals surface area contributed by atoms with Gasteiger partial charge in [-0.3, -0.25) is 9.89 Å². The number of rotatable bonds is 6. The number of para-hydroxylation sites is 1. The molecule has 0 unspecified atom stereocenters. The Labute approximate surface area is 143 Å². The molecule has 0 saturated heterocycles. The minimum atomic E-state index is -0.383. The fourth-order valence-corrected chi connectivity index (χ4v) is 3.14. The highest BCUT2D eigenvalue weighted by Crippen LogP contribution is 2.25. The van der Waals surface area contributed by atoms with Gasteiger partial charge in [-0.05, 0) is 52.7 Å². The van der Waals surface area contributed by atoms with Crippen molar-refractivity contribution in [2.24, 2.45) is 0 Å². The Kier molecular flexibility index (Phi) is 5.32. The van der Waals surface area contributed by atoms with Crippen molar-refractivity contribution in [2.75, 3.05) is 7.11 Å². The number of nitrogens with one attached hydrogen (secondary N) is 2. The molecule has 0 radical (unpaired) electrons. The zero-order chi connectivity index (χ0) is 17.9. The number of carbonyl (C=O) groups is 1. The summed E-state index contributed by atoms with van der Waals surface area (Å²) in [5, 5.41) is 10.3. The highest BCUT2D eigenvalue weighted by atomic mass is 16.5. The fraction of sp³-hybridized carbons (Fsp3) is 0.474. The van der Waals surface area contributed by atoms with Crippen molar-refractivity contribution in [3.8, 4) is 5.75 Å². The van der Waals surface area contributed by atoms with Crippen LogP contribution in [0.15, 0.2) is 24.3 Å². The molecule has 0 spiro atoms. The van der Waals surface area contributed by atoms with Crippen molar-refractivity contribution in [3.05, 3.63) is 46.8 Å². The molecular weight excluding hydrogens is 302 g/mol. The molecule has 0 aliphatic carbocycles. The summed E-state index contributed by atoms with van der Waals surface area (Å²) in [5.41, 5.74) is 3.48. The molecule has 0 saturated carbocycles. The first-order valence-electron chi connectivity index (χ1n) is 8.20. The van der Waals surface area contributed by atoms with Crippen molar-refractivity contribution < 1.29 is 9.53 Å². The molecule has 2 N–H and O–H groups in total. The molecule has 1 amide bonds. The minimum absolute atomic E-state index is 0.00231. The van der Waals surface area contributed by atoms with Crippen LogP contribution in [0.3, 0.4) is 0 Å². The highest BCUT2D eigenvalue weighted by Gasteiger charge is 2.28. The number of benzene rings is 1. The molecule has 0 aliphatic rings. The molecular formula is C19H27N3O2. The van der Waals surface area contributed by atoms with E-state index in [1.165, 1.54) is 0 Å². The molecule has 0 fully saturated rings. The average molecular weight is 329 g/mol. The second-order valence-electron chi connectivity index (χ2n) is 6.93. The van der Waals surface area contributed by atoms with E-state index in [0.717, 1.165) is 28.3 Å². The van der Waals surface area contributed by atoms with E-state index in [-0.39, 0.29) is 17.4 Å². The molecule has 5 nitrogen and oxygen atoms in total. The standard InChI is InChI=1S/C19H27N3O2/c1-12(17-13(2)21-22-14(17)3)18(23)20-19(4,5)11-15-9-7-8-10-16(15)24-6/h7-10,12H,11H2,1-6H3,(H,20,23)(H,21,22)/t12-/m1/s1. The molecule has 5 heteroatoms. The lowest BCUT2D eigenvalue weighted by Crippen LogP contribution is -2.46. The predicted octanol–water partition coefficient (Wildman–Crippen LogP) is 3.28. The minimum Gasteiger partial charge on any atom is -0.496 e. The van der Waals surface area contributed by atoms with Gasteiger partial charge >= 0.3 is 0 Å². The Morgan fingerprint density at radius 1 is 1.33 bits per heavy atom. The van der Waals surface area contributed by atoms with E-state index in [4.69, 9.17) is 4.74 Å². The van der Waals surface area contributed by atoms with Gasteiger partial charge < -0.3 is 10.1 Å². The summed E-state index contributed by atoms with van der Waals surface area (Å²) in [6.45, 7) is 9.83. The number of aromatic nitrogens is 2. The maximum absolute atomic E-state index is 12.7. The van der Waals surface area contributed by atoms with Crippen molar-refractivity contribution in [3.63, 3.8) is 0 Å². The molecule has 1 heterocycles. The van der Waals surface area contributed by atoms with Gasteiger partial charge in [-0.2, -0.15) is 5.10 Å². The third-order valence-electron chi connectivity index (χ3n) is 4.30. The van der Waals surface area contributed by atoms with Crippen LogP contribution in [-0.4, -0.2) is 28.8 Å². The molecule has 2 aromatic rings.